The third kappa shape index (κ3) is 2.99. The summed E-state index contributed by atoms with van der Waals surface area (Å²) < 4.78 is 1.05. The molecule has 94 valence electrons. The molecule has 2 rings (SSSR count). The number of hydrogen-bond donors (Lipinski definition) is 1. The molecule has 0 saturated carbocycles. The first-order valence-corrected chi connectivity index (χ1v) is 6.93. The molecule has 0 aliphatic carbocycles. The van der Waals surface area contributed by atoms with Crippen LogP contribution in [0.2, 0.25) is 0 Å². The lowest BCUT2D eigenvalue weighted by molar-refractivity contribution is 0.115. The molecule has 0 aromatic carbocycles. The van der Waals surface area contributed by atoms with Crippen LogP contribution in [0, 0.1) is 12.8 Å². The van der Waals surface area contributed by atoms with Gasteiger partial charge in [-0.2, -0.15) is 0 Å². The number of aromatic nitrogens is 1. The van der Waals surface area contributed by atoms with E-state index in [1.54, 1.807) is 0 Å². The third-order valence-electron chi connectivity index (χ3n) is 3.47. The van der Waals surface area contributed by atoms with Crippen LogP contribution in [-0.2, 0) is 0 Å². The first-order chi connectivity index (χ1) is 8.08. The quantitative estimate of drug-likeness (QED) is 0.912. The maximum Gasteiger partial charge on any atom is 0.128 e. The van der Waals surface area contributed by atoms with Gasteiger partial charge in [-0.25, -0.2) is 4.98 Å². The average molecular weight is 299 g/mol. The third-order valence-corrected chi connectivity index (χ3v) is 4.31. The Morgan fingerprint density at radius 1 is 1.53 bits per heavy atom. The second-order valence-electron chi connectivity index (χ2n) is 4.83. The number of aliphatic hydroxyl groups is 1. The van der Waals surface area contributed by atoms with Crippen LogP contribution in [0.25, 0.3) is 0 Å². The SMILES string of the molecule is Cc1nc(N2CCCC(C(C)O)C2)ccc1Br. The zero-order chi connectivity index (χ0) is 12.4. The van der Waals surface area contributed by atoms with Gasteiger partial charge in [0.05, 0.1) is 11.8 Å². The zero-order valence-electron chi connectivity index (χ0n) is 10.4. The van der Waals surface area contributed by atoms with Crippen molar-refractivity contribution in [3.8, 4) is 0 Å². The molecular formula is C13H19BrN2O. The molecule has 1 aromatic rings. The fraction of sp³-hybridized carbons (Fsp3) is 0.615. The fourth-order valence-electron chi connectivity index (χ4n) is 2.32. The van der Waals surface area contributed by atoms with Crippen LogP contribution >= 0.6 is 15.9 Å². The highest BCUT2D eigenvalue weighted by Gasteiger charge is 2.24. The number of aliphatic hydroxyl groups excluding tert-OH is 1. The number of nitrogens with zero attached hydrogens (tertiary/aromatic N) is 2. The standard InChI is InChI=1S/C13H19BrN2O/c1-9-12(14)5-6-13(15-9)16-7-3-4-11(8-16)10(2)17/h5-6,10-11,17H,3-4,7-8H2,1-2H3. The van der Waals surface area contributed by atoms with Gasteiger partial charge in [0, 0.05) is 23.5 Å². The minimum absolute atomic E-state index is 0.227. The first-order valence-electron chi connectivity index (χ1n) is 6.14. The van der Waals surface area contributed by atoms with Crippen molar-refractivity contribution in [1.29, 1.82) is 0 Å². The number of hydrogen-bond acceptors (Lipinski definition) is 3. The summed E-state index contributed by atoms with van der Waals surface area (Å²) in [5, 5.41) is 9.69. The molecule has 1 aliphatic rings. The van der Waals surface area contributed by atoms with E-state index in [9.17, 15) is 5.11 Å². The molecule has 4 heteroatoms. The summed E-state index contributed by atoms with van der Waals surface area (Å²) >= 11 is 3.47. The molecule has 2 heterocycles. The predicted molar refractivity (Wildman–Crippen MR) is 73.3 cm³/mol. The van der Waals surface area contributed by atoms with Crippen LogP contribution in [0.4, 0.5) is 5.82 Å². The van der Waals surface area contributed by atoms with E-state index in [0.717, 1.165) is 41.9 Å². The number of aryl methyl sites for hydroxylation is 1. The molecule has 17 heavy (non-hydrogen) atoms. The number of anilines is 1. The zero-order valence-corrected chi connectivity index (χ0v) is 11.9. The summed E-state index contributed by atoms with van der Waals surface area (Å²) in [5.41, 5.74) is 1.02. The molecule has 1 saturated heterocycles. The summed E-state index contributed by atoms with van der Waals surface area (Å²) in [6.07, 6.45) is 2.02. The fourth-order valence-corrected chi connectivity index (χ4v) is 2.54. The van der Waals surface area contributed by atoms with Crippen molar-refractivity contribution in [3.05, 3.63) is 22.3 Å². The minimum Gasteiger partial charge on any atom is -0.393 e. The molecule has 3 nitrogen and oxygen atoms in total. The van der Waals surface area contributed by atoms with Gasteiger partial charge in [-0.15, -0.1) is 0 Å². The Labute approximate surface area is 111 Å². The summed E-state index contributed by atoms with van der Waals surface area (Å²) in [6.45, 7) is 5.83. The minimum atomic E-state index is -0.227. The largest absolute Gasteiger partial charge is 0.393 e. The molecule has 0 bridgehead atoms. The topological polar surface area (TPSA) is 36.4 Å². The molecule has 1 aliphatic heterocycles. The van der Waals surface area contributed by atoms with Crippen molar-refractivity contribution >= 4 is 21.7 Å². The van der Waals surface area contributed by atoms with E-state index in [1.165, 1.54) is 0 Å². The maximum absolute atomic E-state index is 9.69. The van der Waals surface area contributed by atoms with Gasteiger partial charge >= 0.3 is 0 Å². The molecule has 2 unspecified atom stereocenters. The Kier molecular flexibility index (Phi) is 4.05. The molecule has 1 aromatic heterocycles. The molecule has 1 fully saturated rings. The highest BCUT2D eigenvalue weighted by molar-refractivity contribution is 9.10. The van der Waals surface area contributed by atoms with Crippen molar-refractivity contribution in [2.75, 3.05) is 18.0 Å². The highest BCUT2D eigenvalue weighted by atomic mass is 79.9. The van der Waals surface area contributed by atoms with Crippen LogP contribution in [-0.4, -0.2) is 29.3 Å². The highest BCUT2D eigenvalue weighted by Crippen LogP contribution is 2.25. The maximum atomic E-state index is 9.69. The second-order valence-corrected chi connectivity index (χ2v) is 5.68. The van der Waals surface area contributed by atoms with Crippen molar-refractivity contribution in [1.82, 2.24) is 4.98 Å². The molecular weight excluding hydrogens is 280 g/mol. The molecule has 1 N–H and O–H groups in total. The predicted octanol–water partition coefficient (Wildman–Crippen LogP) is 2.75. The van der Waals surface area contributed by atoms with E-state index < -0.39 is 0 Å². The summed E-state index contributed by atoms with van der Waals surface area (Å²) in [5.74, 6) is 1.39. The van der Waals surface area contributed by atoms with Crippen LogP contribution in [0.15, 0.2) is 16.6 Å². The van der Waals surface area contributed by atoms with Gasteiger partial charge in [0.25, 0.3) is 0 Å². The summed E-state index contributed by atoms with van der Waals surface area (Å²) in [6, 6.07) is 4.09. The van der Waals surface area contributed by atoms with E-state index >= 15 is 0 Å². The summed E-state index contributed by atoms with van der Waals surface area (Å²) in [7, 11) is 0. The van der Waals surface area contributed by atoms with Crippen LogP contribution in [0.5, 0.6) is 0 Å². The molecule has 0 spiro atoms. The van der Waals surface area contributed by atoms with Crippen LogP contribution in [0.3, 0.4) is 0 Å². The molecule has 0 amide bonds. The van der Waals surface area contributed by atoms with Crippen molar-refractivity contribution in [2.45, 2.75) is 32.8 Å². The van der Waals surface area contributed by atoms with Gasteiger partial charge in [0.2, 0.25) is 0 Å². The lowest BCUT2D eigenvalue weighted by Crippen LogP contribution is -2.40. The van der Waals surface area contributed by atoms with Gasteiger partial charge in [-0.1, -0.05) is 0 Å². The Balaban J connectivity index is 2.13. The average Bonchev–Trinajstić information content (AvgIpc) is 2.33. The van der Waals surface area contributed by atoms with E-state index in [-0.39, 0.29) is 6.10 Å². The number of piperidine rings is 1. The van der Waals surface area contributed by atoms with Crippen molar-refractivity contribution in [2.24, 2.45) is 5.92 Å². The Hall–Kier alpha value is -0.610. The van der Waals surface area contributed by atoms with E-state index in [0.29, 0.717) is 5.92 Å². The Bertz CT molecular complexity index is 395. The first kappa shape index (κ1) is 12.8. The van der Waals surface area contributed by atoms with E-state index in [2.05, 4.69) is 25.8 Å². The monoisotopic (exact) mass is 298 g/mol. The van der Waals surface area contributed by atoms with Gasteiger partial charge in [0.1, 0.15) is 5.82 Å². The number of halogens is 1. The molecule has 0 radical (unpaired) electrons. The van der Waals surface area contributed by atoms with E-state index in [1.807, 2.05) is 26.0 Å². The van der Waals surface area contributed by atoms with Gasteiger partial charge in [0.15, 0.2) is 0 Å². The Morgan fingerprint density at radius 2 is 2.29 bits per heavy atom. The van der Waals surface area contributed by atoms with Gasteiger partial charge < -0.3 is 10.0 Å². The van der Waals surface area contributed by atoms with Crippen LogP contribution < -0.4 is 4.90 Å². The normalized spacial score (nSPS) is 22.6. The second kappa shape index (κ2) is 5.36. The lowest BCUT2D eigenvalue weighted by Gasteiger charge is -2.35. The van der Waals surface area contributed by atoms with Crippen LogP contribution in [0.1, 0.15) is 25.5 Å². The molecule has 2 atom stereocenters. The lowest BCUT2D eigenvalue weighted by atomic mass is 9.93. The van der Waals surface area contributed by atoms with Crippen molar-refractivity contribution in [3.63, 3.8) is 0 Å². The number of rotatable bonds is 2. The van der Waals surface area contributed by atoms with Gasteiger partial charge in [-0.05, 0) is 54.8 Å². The van der Waals surface area contributed by atoms with Gasteiger partial charge in [-0.3, -0.25) is 0 Å². The summed E-state index contributed by atoms with van der Waals surface area (Å²) in [4.78, 5) is 6.87. The number of pyridine rings is 1. The Morgan fingerprint density at radius 3 is 2.94 bits per heavy atom. The van der Waals surface area contributed by atoms with Crippen molar-refractivity contribution < 1.29 is 5.11 Å². The van der Waals surface area contributed by atoms with E-state index in [4.69, 9.17) is 0 Å². The smallest absolute Gasteiger partial charge is 0.128 e.